The van der Waals surface area contributed by atoms with Crippen LogP contribution in [0.4, 0.5) is 0 Å². The summed E-state index contributed by atoms with van der Waals surface area (Å²) in [7, 11) is 1.68. The third kappa shape index (κ3) is 5.33. The zero-order valence-corrected chi connectivity index (χ0v) is 21.9. The van der Waals surface area contributed by atoms with Crippen molar-refractivity contribution in [2.24, 2.45) is 10.8 Å². The Bertz CT molecular complexity index is 1010. The largest absolute Gasteiger partial charge is 0.497 e. The quantitative estimate of drug-likeness (QED) is 0.184. The van der Waals surface area contributed by atoms with Gasteiger partial charge < -0.3 is 9.47 Å². The van der Waals surface area contributed by atoms with Crippen LogP contribution in [0.1, 0.15) is 51.3 Å². The standard InChI is InChI=1S/C30H36O3S/c1-28(2,3)29(4,5)27(31)33-21-22-34-30(23-13-9-7-10-14-23,24-15-11-8-12-16-24)25-17-19-26(32-6)20-18-25/h7-20H,21-22H2,1-6H3. The molecular weight excluding hydrogens is 440 g/mol. The van der Waals surface area contributed by atoms with Gasteiger partial charge in [0.05, 0.1) is 17.3 Å². The third-order valence-electron chi connectivity index (χ3n) is 6.88. The summed E-state index contributed by atoms with van der Waals surface area (Å²) in [5.74, 6) is 1.32. The van der Waals surface area contributed by atoms with Gasteiger partial charge >= 0.3 is 5.97 Å². The molecule has 0 bridgehead atoms. The molecule has 0 heterocycles. The minimum absolute atomic E-state index is 0.157. The van der Waals surface area contributed by atoms with Crippen LogP contribution in [0.5, 0.6) is 5.75 Å². The Balaban J connectivity index is 1.96. The molecule has 0 spiro atoms. The van der Waals surface area contributed by atoms with Crippen LogP contribution in [-0.4, -0.2) is 25.4 Å². The number of hydrogen-bond acceptors (Lipinski definition) is 4. The molecule has 0 radical (unpaired) electrons. The number of benzene rings is 3. The van der Waals surface area contributed by atoms with Crippen molar-refractivity contribution in [1.82, 2.24) is 0 Å². The van der Waals surface area contributed by atoms with Gasteiger partial charge in [0.15, 0.2) is 0 Å². The van der Waals surface area contributed by atoms with Gasteiger partial charge in [-0.3, -0.25) is 4.79 Å². The van der Waals surface area contributed by atoms with Crippen molar-refractivity contribution >= 4 is 17.7 Å². The number of rotatable bonds is 9. The number of thioether (sulfide) groups is 1. The van der Waals surface area contributed by atoms with E-state index < -0.39 is 10.2 Å². The number of ether oxygens (including phenoxy) is 2. The van der Waals surface area contributed by atoms with Crippen molar-refractivity contribution in [3.05, 3.63) is 102 Å². The minimum atomic E-state index is -0.566. The van der Waals surface area contributed by atoms with Crippen LogP contribution in [-0.2, 0) is 14.3 Å². The zero-order chi connectivity index (χ0) is 24.8. The van der Waals surface area contributed by atoms with Gasteiger partial charge in [-0.25, -0.2) is 0 Å². The van der Waals surface area contributed by atoms with E-state index in [1.54, 1.807) is 18.9 Å². The second-order valence-corrected chi connectivity index (χ2v) is 11.3. The van der Waals surface area contributed by atoms with Gasteiger partial charge in [0.2, 0.25) is 0 Å². The van der Waals surface area contributed by atoms with Gasteiger partial charge in [-0.1, -0.05) is 93.6 Å². The van der Waals surface area contributed by atoms with E-state index in [2.05, 4.69) is 81.4 Å². The molecule has 0 aliphatic carbocycles. The highest BCUT2D eigenvalue weighted by molar-refractivity contribution is 8.00. The Morgan fingerprint density at radius 2 is 1.21 bits per heavy atom. The molecule has 34 heavy (non-hydrogen) atoms. The fourth-order valence-corrected chi connectivity index (χ4v) is 5.12. The fourth-order valence-electron chi connectivity index (χ4n) is 3.74. The summed E-state index contributed by atoms with van der Waals surface area (Å²) in [5, 5.41) is 0. The van der Waals surface area contributed by atoms with Crippen molar-refractivity contribution < 1.29 is 14.3 Å². The molecule has 0 fully saturated rings. The Hall–Kier alpha value is -2.72. The summed E-state index contributed by atoms with van der Waals surface area (Å²) in [6.07, 6.45) is 0. The molecule has 0 amide bonds. The van der Waals surface area contributed by atoms with Crippen molar-refractivity contribution in [1.29, 1.82) is 0 Å². The van der Waals surface area contributed by atoms with E-state index in [0.717, 1.165) is 11.3 Å². The predicted octanol–water partition coefficient (Wildman–Crippen LogP) is 7.34. The number of esters is 1. The average Bonchev–Trinajstić information content (AvgIpc) is 2.84. The molecular formula is C30H36O3S. The van der Waals surface area contributed by atoms with Crippen LogP contribution in [0.3, 0.4) is 0 Å². The van der Waals surface area contributed by atoms with E-state index in [0.29, 0.717) is 12.4 Å². The molecule has 0 N–H and O–H groups in total. The van der Waals surface area contributed by atoms with Gasteiger partial charge in [0, 0.05) is 5.75 Å². The molecule has 3 nitrogen and oxygen atoms in total. The Kier molecular flexibility index (Phi) is 8.14. The summed E-state index contributed by atoms with van der Waals surface area (Å²) in [4.78, 5) is 12.9. The summed E-state index contributed by atoms with van der Waals surface area (Å²) < 4.78 is 10.7. The minimum Gasteiger partial charge on any atom is -0.497 e. The van der Waals surface area contributed by atoms with E-state index in [4.69, 9.17) is 9.47 Å². The average molecular weight is 477 g/mol. The Morgan fingerprint density at radius 3 is 1.65 bits per heavy atom. The van der Waals surface area contributed by atoms with E-state index in [9.17, 15) is 4.79 Å². The van der Waals surface area contributed by atoms with Crippen molar-refractivity contribution in [2.45, 2.75) is 39.4 Å². The molecule has 0 atom stereocenters. The lowest BCUT2D eigenvalue weighted by Gasteiger charge is -2.37. The van der Waals surface area contributed by atoms with E-state index in [-0.39, 0.29) is 11.4 Å². The van der Waals surface area contributed by atoms with Gasteiger partial charge in [-0.2, -0.15) is 0 Å². The number of methoxy groups -OCH3 is 1. The van der Waals surface area contributed by atoms with Gasteiger partial charge in [0.1, 0.15) is 12.4 Å². The lowest BCUT2D eigenvalue weighted by atomic mass is 9.69. The fraction of sp³-hybridized carbons (Fsp3) is 0.367. The summed E-state index contributed by atoms with van der Waals surface area (Å²) >= 11 is 1.78. The van der Waals surface area contributed by atoms with Crippen LogP contribution in [0, 0.1) is 10.8 Å². The summed E-state index contributed by atoms with van der Waals surface area (Å²) in [6, 6.07) is 29.3. The van der Waals surface area contributed by atoms with Crippen molar-refractivity contribution in [2.75, 3.05) is 19.5 Å². The highest BCUT2D eigenvalue weighted by Crippen LogP contribution is 2.48. The molecule has 0 saturated heterocycles. The molecule has 3 rings (SSSR count). The van der Waals surface area contributed by atoms with Crippen LogP contribution >= 0.6 is 11.8 Å². The second kappa shape index (κ2) is 10.7. The molecule has 4 heteroatoms. The smallest absolute Gasteiger partial charge is 0.312 e. The molecule has 0 aliphatic rings. The zero-order valence-electron chi connectivity index (χ0n) is 21.1. The number of hydrogen-bond donors (Lipinski definition) is 0. The van der Waals surface area contributed by atoms with E-state index in [1.165, 1.54) is 11.1 Å². The molecule has 3 aromatic rings. The highest BCUT2D eigenvalue weighted by atomic mass is 32.2. The number of carbonyl (C=O) groups excluding carboxylic acids is 1. The third-order valence-corrected chi connectivity index (χ3v) is 8.39. The van der Waals surface area contributed by atoms with Crippen molar-refractivity contribution in [3.63, 3.8) is 0 Å². The van der Waals surface area contributed by atoms with Crippen LogP contribution in [0.15, 0.2) is 84.9 Å². The first-order valence-corrected chi connectivity index (χ1v) is 12.7. The van der Waals surface area contributed by atoms with Gasteiger partial charge in [-0.15, -0.1) is 11.8 Å². The molecule has 0 unspecified atom stereocenters. The summed E-state index contributed by atoms with van der Waals surface area (Å²) in [6.45, 7) is 10.5. The van der Waals surface area contributed by atoms with Gasteiger partial charge in [-0.05, 0) is 48.1 Å². The first-order valence-electron chi connectivity index (χ1n) is 11.7. The maximum atomic E-state index is 12.9. The monoisotopic (exact) mass is 476 g/mol. The van der Waals surface area contributed by atoms with Crippen LogP contribution < -0.4 is 4.74 Å². The molecule has 180 valence electrons. The first kappa shape index (κ1) is 25.9. The van der Waals surface area contributed by atoms with Crippen LogP contribution in [0.25, 0.3) is 0 Å². The molecule has 3 aromatic carbocycles. The van der Waals surface area contributed by atoms with Crippen molar-refractivity contribution in [3.8, 4) is 5.75 Å². The maximum Gasteiger partial charge on any atom is 0.312 e. The predicted molar refractivity (Wildman–Crippen MR) is 142 cm³/mol. The Morgan fingerprint density at radius 1 is 0.735 bits per heavy atom. The SMILES string of the molecule is COc1ccc(C(SCCOC(=O)C(C)(C)C(C)(C)C)(c2ccccc2)c2ccccc2)cc1. The Labute approximate surface area is 208 Å². The van der Waals surface area contributed by atoms with Crippen LogP contribution in [0.2, 0.25) is 0 Å². The highest BCUT2D eigenvalue weighted by Gasteiger charge is 2.41. The second-order valence-electron chi connectivity index (χ2n) is 10.0. The molecule has 0 aromatic heterocycles. The molecule has 0 aliphatic heterocycles. The topological polar surface area (TPSA) is 35.5 Å². The summed E-state index contributed by atoms with van der Waals surface area (Å²) in [5.41, 5.74) is 2.76. The maximum absolute atomic E-state index is 12.9. The van der Waals surface area contributed by atoms with Gasteiger partial charge in [0.25, 0.3) is 0 Å². The lowest BCUT2D eigenvalue weighted by Crippen LogP contribution is -2.39. The molecule has 0 saturated carbocycles. The van der Waals surface area contributed by atoms with E-state index in [1.807, 2.05) is 38.1 Å². The first-order chi connectivity index (χ1) is 16.1. The normalized spacial score (nSPS) is 12.3. The lowest BCUT2D eigenvalue weighted by molar-refractivity contribution is -0.159. The number of carbonyl (C=O) groups is 1. The van der Waals surface area contributed by atoms with E-state index >= 15 is 0 Å².